The molecule has 1 rings (SSSR count). The van der Waals surface area contributed by atoms with Gasteiger partial charge in [0.25, 0.3) is 0 Å². The van der Waals surface area contributed by atoms with E-state index in [1.165, 1.54) is 0 Å². The zero-order valence-corrected chi connectivity index (χ0v) is 10.4. The van der Waals surface area contributed by atoms with Crippen molar-refractivity contribution in [3.63, 3.8) is 0 Å². The quantitative estimate of drug-likeness (QED) is 0.820. The maximum absolute atomic E-state index is 11.7. The highest BCUT2D eigenvalue weighted by atomic mass is 16.2. The minimum atomic E-state index is -0.458. The second-order valence-corrected chi connectivity index (χ2v) is 4.64. The number of carbonyl (C=O) groups excluding carboxylic acids is 1. The Kier molecular flexibility index (Phi) is 4.07. The summed E-state index contributed by atoms with van der Waals surface area (Å²) >= 11 is 0. The summed E-state index contributed by atoms with van der Waals surface area (Å²) in [5.41, 5.74) is 8.86. The number of hydrogen-bond acceptors (Lipinski definition) is 2. The Balaban J connectivity index is 2.77. The van der Waals surface area contributed by atoms with Crippen LogP contribution in [0.3, 0.4) is 0 Å². The summed E-state index contributed by atoms with van der Waals surface area (Å²) in [4.78, 5) is 11.7. The lowest BCUT2D eigenvalue weighted by Crippen LogP contribution is -2.39. The SMILES string of the molecule is Cc1cc(C)cc(NC(=O)[C@H](N)C(C)C)c1. The van der Waals surface area contributed by atoms with E-state index in [9.17, 15) is 4.79 Å². The number of rotatable bonds is 3. The summed E-state index contributed by atoms with van der Waals surface area (Å²) in [6.45, 7) is 7.88. The van der Waals surface area contributed by atoms with Crippen molar-refractivity contribution in [1.29, 1.82) is 0 Å². The molecule has 0 saturated carbocycles. The number of nitrogens with two attached hydrogens (primary N) is 1. The molecule has 0 unspecified atom stereocenters. The van der Waals surface area contributed by atoms with E-state index in [-0.39, 0.29) is 11.8 Å². The Hall–Kier alpha value is -1.35. The first kappa shape index (κ1) is 12.7. The van der Waals surface area contributed by atoms with E-state index in [4.69, 9.17) is 5.73 Å². The second-order valence-electron chi connectivity index (χ2n) is 4.64. The standard InChI is InChI=1S/C13H20N2O/c1-8(2)12(14)13(16)15-11-6-9(3)5-10(4)7-11/h5-8,12H,14H2,1-4H3,(H,15,16)/t12-/m1/s1. The van der Waals surface area contributed by atoms with Crippen LogP contribution in [-0.4, -0.2) is 11.9 Å². The molecule has 0 heterocycles. The molecule has 3 N–H and O–H groups in total. The Morgan fingerprint density at radius 1 is 1.19 bits per heavy atom. The van der Waals surface area contributed by atoms with E-state index >= 15 is 0 Å². The molecule has 1 aromatic carbocycles. The molecule has 88 valence electrons. The van der Waals surface area contributed by atoms with Crippen LogP contribution < -0.4 is 11.1 Å². The predicted octanol–water partition coefficient (Wildman–Crippen LogP) is 2.23. The van der Waals surface area contributed by atoms with E-state index in [1.54, 1.807) is 0 Å². The largest absolute Gasteiger partial charge is 0.325 e. The van der Waals surface area contributed by atoms with Crippen molar-refractivity contribution in [3.8, 4) is 0 Å². The highest BCUT2D eigenvalue weighted by Crippen LogP contribution is 2.14. The van der Waals surface area contributed by atoms with Crippen molar-refractivity contribution >= 4 is 11.6 Å². The van der Waals surface area contributed by atoms with Gasteiger partial charge in [-0.15, -0.1) is 0 Å². The Morgan fingerprint density at radius 3 is 2.12 bits per heavy atom. The minimum absolute atomic E-state index is 0.125. The number of hydrogen-bond donors (Lipinski definition) is 2. The topological polar surface area (TPSA) is 55.1 Å². The summed E-state index contributed by atoms with van der Waals surface area (Å²) in [5, 5.41) is 2.84. The summed E-state index contributed by atoms with van der Waals surface area (Å²) in [6.07, 6.45) is 0. The van der Waals surface area contributed by atoms with E-state index in [2.05, 4.69) is 11.4 Å². The first-order valence-corrected chi connectivity index (χ1v) is 5.55. The molecule has 1 atom stereocenters. The van der Waals surface area contributed by atoms with Gasteiger partial charge in [-0.25, -0.2) is 0 Å². The summed E-state index contributed by atoms with van der Waals surface area (Å²) in [5.74, 6) is 0.0194. The molecule has 0 aliphatic heterocycles. The van der Waals surface area contributed by atoms with E-state index in [0.717, 1.165) is 16.8 Å². The van der Waals surface area contributed by atoms with Gasteiger partial charge in [0.15, 0.2) is 0 Å². The van der Waals surface area contributed by atoms with Crippen molar-refractivity contribution in [2.24, 2.45) is 11.7 Å². The Morgan fingerprint density at radius 2 is 1.69 bits per heavy atom. The minimum Gasteiger partial charge on any atom is -0.325 e. The molecule has 0 fully saturated rings. The van der Waals surface area contributed by atoms with Crippen molar-refractivity contribution in [1.82, 2.24) is 0 Å². The monoisotopic (exact) mass is 220 g/mol. The van der Waals surface area contributed by atoms with Gasteiger partial charge < -0.3 is 11.1 Å². The third-order valence-corrected chi connectivity index (χ3v) is 2.51. The first-order chi connectivity index (χ1) is 7.40. The molecule has 1 aromatic rings. The Bertz CT molecular complexity index is 365. The molecule has 0 aromatic heterocycles. The van der Waals surface area contributed by atoms with Crippen LogP contribution >= 0.6 is 0 Å². The highest BCUT2D eigenvalue weighted by molar-refractivity contribution is 5.94. The van der Waals surface area contributed by atoms with Crippen molar-refractivity contribution < 1.29 is 4.79 Å². The number of aryl methyl sites for hydroxylation is 2. The Labute approximate surface area is 97.0 Å². The van der Waals surface area contributed by atoms with Crippen LogP contribution in [0, 0.1) is 19.8 Å². The van der Waals surface area contributed by atoms with Crippen molar-refractivity contribution in [3.05, 3.63) is 29.3 Å². The van der Waals surface area contributed by atoms with Crippen LogP contribution in [0.1, 0.15) is 25.0 Å². The fraction of sp³-hybridized carbons (Fsp3) is 0.462. The predicted molar refractivity (Wildman–Crippen MR) is 67.4 cm³/mol. The van der Waals surface area contributed by atoms with Gasteiger partial charge in [-0.05, 0) is 43.0 Å². The maximum atomic E-state index is 11.7. The molecule has 16 heavy (non-hydrogen) atoms. The van der Waals surface area contributed by atoms with Gasteiger partial charge in [0.05, 0.1) is 6.04 Å². The average Bonchev–Trinajstić information content (AvgIpc) is 2.14. The van der Waals surface area contributed by atoms with Crippen LogP contribution in [-0.2, 0) is 4.79 Å². The number of carbonyl (C=O) groups is 1. The second kappa shape index (κ2) is 5.12. The van der Waals surface area contributed by atoms with Gasteiger partial charge in [-0.1, -0.05) is 19.9 Å². The van der Waals surface area contributed by atoms with Gasteiger partial charge in [0.2, 0.25) is 5.91 Å². The van der Waals surface area contributed by atoms with Crippen LogP contribution in [0.4, 0.5) is 5.69 Å². The number of amides is 1. The molecular formula is C13H20N2O. The van der Waals surface area contributed by atoms with Gasteiger partial charge in [-0.3, -0.25) is 4.79 Å². The lowest BCUT2D eigenvalue weighted by Gasteiger charge is -2.15. The third-order valence-electron chi connectivity index (χ3n) is 2.51. The van der Waals surface area contributed by atoms with Crippen LogP contribution in [0.5, 0.6) is 0 Å². The number of benzene rings is 1. The first-order valence-electron chi connectivity index (χ1n) is 5.55. The lowest BCUT2D eigenvalue weighted by atomic mass is 10.0. The van der Waals surface area contributed by atoms with Crippen LogP contribution in [0.2, 0.25) is 0 Å². The number of nitrogens with one attached hydrogen (secondary N) is 1. The maximum Gasteiger partial charge on any atom is 0.241 e. The van der Waals surface area contributed by atoms with E-state index < -0.39 is 6.04 Å². The highest BCUT2D eigenvalue weighted by Gasteiger charge is 2.17. The van der Waals surface area contributed by atoms with Crippen LogP contribution in [0.15, 0.2) is 18.2 Å². The summed E-state index contributed by atoms with van der Waals surface area (Å²) < 4.78 is 0. The normalized spacial score (nSPS) is 12.6. The fourth-order valence-electron chi connectivity index (χ4n) is 1.58. The third kappa shape index (κ3) is 3.35. The molecule has 0 saturated heterocycles. The summed E-state index contributed by atoms with van der Waals surface area (Å²) in [6, 6.07) is 5.49. The van der Waals surface area contributed by atoms with E-state index in [1.807, 2.05) is 39.8 Å². The van der Waals surface area contributed by atoms with Crippen LogP contribution in [0.25, 0.3) is 0 Å². The number of anilines is 1. The zero-order chi connectivity index (χ0) is 12.3. The zero-order valence-electron chi connectivity index (χ0n) is 10.4. The van der Waals surface area contributed by atoms with E-state index in [0.29, 0.717) is 0 Å². The molecule has 0 aliphatic carbocycles. The molecule has 3 nitrogen and oxygen atoms in total. The molecule has 0 spiro atoms. The van der Waals surface area contributed by atoms with Gasteiger partial charge in [-0.2, -0.15) is 0 Å². The van der Waals surface area contributed by atoms with Gasteiger partial charge in [0.1, 0.15) is 0 Å². The molecular weight excluding hydrogens is 200 g/mol. The molecule has 1 amide bonds. The molecule has 3 heteroatoms. The van der Waals surface area contributed by atoms with Gasteiger partial charge >= 0.3 is 0 Å². The smallest absolute Gasteiger partial charge is 0.241 e. The van der Waals surface area contributed by atoms with Crippen molar-refractivity contribution in [2.45, 2.75) is 33.7 Å². The molecule has 0 aliphatic rings. The molecule has 0 radical (unpaired) electrons. The molecule has 0 bridgehead atoms. The van der Waals surface area contributed by atoms with Gasteiger partial charge in [0, 0.05) is 5.69 Å². The average molecular weight is 220 g/mol. The van der Waals surface area contributed by atoms with Crippen molar-refractivity contribution in [2.75, 3.05) is 5.32 Å². The summed E-state index contributed by atoms with van der Waals surface area (Å²) in [7, 11) is 0. The lowest BCUT2D eigenvalue weighted by molar-refractivity contribution is -0.118. The fourth-order valence-corrected chi connectivity index (χ4v) is 1.58.